The fraction of sp³-hybridized carbons (Fsp3) is 0.875. The number of Topliss-reactive ketones (excluding diaryl/α,β-unsaturated/α-hetero) is 1. The van der Waals surface area contributed by atoms with Crippen molar-refractivity contribution < 1.29 is 9.59 Å². The van der Waals surface area contributed by atoms with E-state index in [1.165, 1.54) is 32.1 Å². The van der Waals surface area contributed by atoms with Crippen LogP contribution in [0.3, 0.4) is 0 Å². The smallest absolute Gasteiger partial charge is 0.132 e. The first kappa shape index (κ1) is 17.3. The van der Waals surface area contributed by atoms with Gasteiger partial charge in [-0.25, -0.2) is 0 Å². The average molecular weight is 254 g/mol. The number of carbonyl (C=O) groups is 2. The van der Waals surface area contributed by atoms with Crippen LogP contribution in [0.25, 0.3) is 0 Å². The van der Waals surface area contributed by atoms with Gasteiger partial charge in [-0.15, -0.1) is 0 Å². The first-order chi connectivity index (χ1) is 8.81. The lowest BCUT2D eigenvalue weighted by Crippen LogP contribution is -1.97. The lowest BCUT2D eigenvalue weighted by Gasteiger charge is -2.02. The monoisotopic (exact) mass is 254 g/mol. The van der Waals surface area contributed by atoms with Gasteiger partial charge >= 0.3 is 0 Å². The Morgan fingerprint density at radius 2 is 1.28 bits per heavy atom. The molecule has 18 heavy (non-hydrogen) atoms. The summed E-state index contributed by atoms with van der Waals surface area (Å²) in [6.07, 6.45) is 14.8. The van der Waals surface area contributed by atoms with Crippen molar-refractivity contribution in [2.45, 2.75) is 90.4 Å². The van der Waals surface area contributed by atoms with E-state index in [0.29, 0.717) is 12.2 Å². The van der Waals surface area contributed by atoms with Gasteiger partial charge in [-0.1, -0.05) is 51.9 Å². The minimum Gasteiger partial charge on any atom is -0.303 e. The van der Waals surface area contributed by atoms with Crippen molar-refractivity contribution in [3.8, 4) is 0 Å². The van der Waals surface area contributed by atoms with Gasteiger partial charge in [-0.05, 0) is 19.3 Å². The third kappa shape index (κ3) is 13.4. The number of aldehydes is 1. The van der Waals surface area contributed by atoms with E-state index in [4.69, 9.17) is 0 Å². The molecule has 0 spiro atoms. The maximum absolute atomic E-state index is 11.6. The van der Waals surface area contributed by atoms with Gasteiger partial charge in [0.2, 0.25) is 0 Å². The Balaban J connectivity index is 3.15. The van der Waals surface area contributed by atoms with Crippen molar-refractivity contribution >= 4 is 12.1 Å². The molecule has 0 aromatic rings. The van der Waals surface area contributed by atoms with Gasteiger partial charge in [0.15, 0.2) is 0 Å². The van der Waals surface area contributed by atoms with Gasteiger partial charge in [-0.3, -0.25) is 4.79 Å². The summed E-state index contributed by atoms with van der Waals surface area (Å²) in [5.41, 5.74) is 0. The van der Waals surface area contributed by atoms with Gasteiger partial charge in [0.25, 0.3) is 0 Å². The van der Waals surface area contributed by atoms with Crippen LogP contribution in [0.2, 0.25) is 0 Å². The maximum atomic E-state index is 11.6. The van der Waals surface area contributed by atoms with Gasteiger partial charge in [0, 0.05) is 19.3 Å². The Bertz CT molecular complexity index is 199. The highest BCUT2D eigenvalue weighted by Crippen LogP contribution is 2.10. The number of ketones is 1. The standard InChI is InChI=1S/C16H30O2/c1-2-3-4-5-7-10-13-16(18)14-11-8-6-9-12-15-17/h15H,2-14H2,1H3. The van der Waals surface area contributed by atoms with Gasteiger partial charge < -0.3 is 4.79 Å². The van der Waals surface area contributed by atoms with Crippen LogP contribution in [0.5, 0.6) is 0 Å². The highest BCUT2D eigenvalue weighted by Gasteiger charge is 2.01. The summed E-state index contributed by atoms with van der Waals surface area (Å²) in [5, 5.41) is 0. The number of hydrogen-bond donors (Lipinski definition) is 0. The predicted molar refractivity (Wildman–Crippen MR) is 76.8 cm³/mol. The quantitative estimate of drug-likeness (QED) is 0.328. The van der Waals surface area contributed by atoms with Crippen LogP contribution in [0, 0.1) is 0 Å². The molecule has 0 amide bonds. The van der Waals surface area contributed by atoms with E-state index in [9.17, 15) is 9.59 Å². The van der Waals surface area contributed by atoms with E-state index in [-0.39, 0.29) is 0 Å². The highest BCUT2D eigenvalue weighted by atomic mass is 16.1. The van der Waals surface area contributed by atoms with Crippen molar-refractivity contribution in [2.24, 2.45) is 0 Å². The Morgan fingerprint density at radius 3 is 1.83 bits per heavy atom. The first-order valence-electron chi connectivity index (χ1n) is 7.76. The largest absolute Gasteiger partial charge is 0.303 e. The van der Waals surface area contributed by atoms with E-state index in [1.807, 2.05) is 0 Å². The van der Waals surface area contributed by atoms with Gasteiger partial charge in [0.1, 0.15) is 12.1 Å². The molecule has 0 atom stereocenters. The third-order valence-electron chi connectivity index (χ3n) is 3.34. The molecule has 0 aromatic carbocycles. The molecule has 0 unspecified atom stereocenters. The zero-order valence-electron chi connectivity index (χ0n) is 12.1. The number of unbranched alkanes of at least 4 members (excludes halogenated alkanes) is 9. The van der Waals surface area contributed by atoms with E-state index >= 15 is 0 Å². The van der Waals surface area contributed by atoms with Crippen LogP contribution in [0.4, 0.5) is 0 Å². The molecular weight excluding hydrogens is 224 g/mol. The average Bonchev–Trinajstić information content (AvgIpc) is 2.38. The molecule has 0 aliphatic carbocycles. The SMILES string of the molecule is CCCCCCCCC(=O)CCCCCCC=O. The zero-order chi connectivity index (χ0) is 13.5. The molecule has 106 valence electrons. The van der Waals surface area contributed by atoms with Crippen molar-refractivity contribution in [1.29, 1.82) is 0 Å². The Labute approximate surface area is 113 Å². The molecule has 2 nitrogen and oxygen atoms in total. The molecule has 0 radical (unpaired) electrons. The van der Waals surface area contributed by atoms with E-state index in [0.717, 1.165) is 51.2 Å². The molecular formula is C16H30O2. The minimum atomic E-state index is 0.431. The zero-order valence-corrected chi connectivity index (χ0v) is 12.1. The van der Waals surface area contributed by atoms with Crippen LogP contribution < -0.4 is 0 Å². The summed E-state index contributed by atoms with van der Waals surface area (Å²) in [6.45, 7) is 2.22. The van der Waals surface area contributed by atoms with E-state index in [1.54, 1.807) is 0 Å². The lowest BCUT2D eigenvalue weighted by atomic mass is 10.0. The van der Waals surface area contributed by atoms with Crippen molar-refractivity contribution in [3.63, 3.8) is 0 Å². The van der Waals surface area contributed by atoms with Gasteiger partial charge in [-0.2, -0.15) is 0 Å². The third-order valence-corrected chi connectivity index (χ3v) is 3.34. The summed E-state index contributed by atoms with van der Waals surface area (Å²) >= 11 is 0. The molecule has 0 heterocycles. The van der Waals surface area contributed by atoms with Crippen molar-refractivity contribution in [2.75, 3.05) is 0 Å². The molecule has 2 heteroatoms. The Kier molecular flexibility index (Phi) is 13.9. The number of carbonyl (C=O) groups excluding carboxylic acids is 2. The minimum absolute atomic E-state index is 0.431. The van der Waals surface area contributed by atoms with Crippen LogP contribution in [0.15, 0.2) is 0 Å². The predicted octanol–water partition coefficient (Wildman–Crippen LogP) is 4.85. The van der Waals surface area contributed by atoms with E-state index in [2.05, 4.69) is 6.92 Å². The normalized spacial score (nSPS) is 10.5. The van der Waals surface area contributed by atoms with Crippen molar-refractivity contribution in [3.05, 3.63) is 0 Å². The van der Waals surface area contributed by atoms with Crippen LogP contribution >= 0.6 is 0 Å². The molecule has 0 N–H and O–H groups in total. The topological polar surface area (TPSA) is 34.1 Å². The molecule has 0 bridgehead atoms. The van der Waals surface area contributed by atoms with Gasteiger partial charge in [0.05, 0.1) is 0 Å². The summed E-state index contributed by atoms with van der Waals surface area (Å²) in [4.78, 5) is 21.7. The molecule has 0 saturated heterocycles. The molecule has 0 rings (SSSR count). The van der Waals surface area contributed by atoms with Crippen LogP contribution in [0.1, 0.15) is 90.4 Å². The summed E-state index contributed by atoms with van der Waals surface area (Å²) < 4.78 is 0. The molecule has 0 saturated carbocycles. The molecule has 0 aromatic heterocycles. The van der Waals surface area contributed by atoms with Crippen molar-refractivity contribution in [1.82, 2.24) is 0 Å². The maximum Gasteiger partial charge on any atom is 0.132 e. The number of rotatable bonds is 14. The fourth-order valence-electron chi connectivity index (χ4n) is 2.13. The second-order valence-corrected chi connectivity index (χ2v) is 5.18. The summed E-state index contributed by atoms with van der Waals surface area (Å²) in [6, 6.07) is 0. The molecule has 0 aliphatic heterocycles. The Hall–Kier alpha value is -0.660. The lowest BCUT2D eigenvalue weighted by molar-refractivity contribution is -0.119. The fourth-order valence-corrected chi connectivity index (χ4v) is 2.13. The van der Waals surface area contributed by atoms with Crippen LogP contribution in [-0.2, 0) is 9.59 Å². The second kappa shape index (κ2) is 14.4. The van der Waals surface area contributed by atoms with E-state index < -0.39 is 0 Å². The summed E-state index contributed by atoms with van der Waals surface area (Å²) in [7, 11) is 0. The van der Waals surface area contributed by atoms with Crippen LogP contribution in [-0.4, -0.2) is 12.1 Å². The summed E-state index contributed by atoms with van der Waals surface area (Å²) in [5.74, 6) is 0.431. The highest BCUT2D eigenvalue weighted by molar-refractivity contribution is 5.78. The second-order valence-electron chi connectivity index (χ2n) is 5.18. The number of hydrogen-bond acceptors (Lipinski definition) is 2. The molecule has 0 fully saturated rings. The molecule has 0 aliphatic rings. The first-order valence-corrected chi connectivity index (χ1v) is 7.76. The Morgan fingerprint density at radius 1 is 0.778 bits per heavy atom.